The molecule has 1 heterocycles. The molecule has 9 heteroatoms. The van der Waals surface area contributed by atoms with Crippen LogP contribution in [-0.2, 0) is 6.61 Å². The van der Waals surface area contributed by atoms with Crippen LogP contribution in [0.25, 0.3) is 0 Å². The van der Waals surface area contributed by atoms with E-state index in [4.69, 9.17) is 9.15 Å². The van der Waals surface area contributed by atoms with Gasteiger partial charge in [-0.15, -0.1) is 0 Å². The standard InChI is InChI=1S/C20H16F2N2O4S/c21-20(22)29-17-9-5-4-8-15(17)18(25)23-24-19(26)16-11-10-14(28-16)12-27-13-6-2-1-3-7-13/h1-11,20H,12H2,(H,23,25)(H,24,26). The Morgan fingerprint density at radius 3 is 2.38 bits per heavy atom. The van der Waals surface area contributed by atoms with Crippen LogP contribution in [0.5, 0.6) is 5.75 Å². The number of para-hydroxylation sites is 1. The van der Waals surface area contributed by atoms with Crippen molar-refractivity contribution in [3.05, 3.63) is 83.8 Å². The predicted molar refractivity (Wildman–Crippen MR) is 103 cm³/mol. The van der Waals surface area contributed by atoms with Crippen molar-refractivity contribution in [3.8, 4) is 5.75 Å². The third-order valence-corrected chi connectivity index (χ3v) is 4.44. The summed E-state index contributed by atoms with van der Waals surface area (Å²) in [6.07, 6.45) is 0. The van der Waals surface area contributed by atoms with Crippen molar-refractivity contribution in [1.29, 1.82) is 0 Å². The molecule has 6 nitrogen and oxygen atoms in total. The summed E-state index contributed by atoms with van der Waals surface area (Å²) in [7, 11) is 0. The van der Waals surface area contributed by atoms with Crippen molar-refractivity contribution < 1.29 is 27.5 Å². The average Bonchev–Trinajstić information content (AvgIpc) is 3.20. The van der Waals surface area contributed by atoms with Gasteiger partial charge in [-0.3, -0.25) is 20.4 Å². The lowest BCUT2D eigenvalue weighted by Crippen LogP contribution is -2.41. The molecule has 0 saturated heterocycles. The number of nitrogens with one attached hydrogen (secondary N) is 2. The Balaban J connectivity index is 1.55. The minimum atomic E-state index is -2.67. The molecule has 0 aliphatic carbocycles. The molecule has 0 bridgehead atoms. The molecule has 0 saturated carbocycles. The molecule has 0 spiro atoms. The molecule has 1 aromatic heterocycles. The number of hydrazine groups is 1. The van der Waals surface area contributed by atoms with Crippen LogP contribution in [0.1, 0.15) is 26.7 Å². The smallest absolute Gasteiger partial charge is 0.305 e. The Morgan fingerprint density at radius 1 is 0.931 bits per heavy atom. The zero-order chi connectivity index (χ0) is 20.6. The van der Waals surface area contributed by atoms with Crippen LogP contribution in [-0.4, -0.2) is 17.6 Å². The van der Waals surface area contributed by atoms with Gasteiger partial charge in [0.2, 0.25) is 0 Å². The normalized spacial score (nSPS) is 10.6. The van der Waals surface area contributed by atoms with Crippen molar-refractivity contribution in [2.24, 2.45) is 0 Å². The lowest BCUT2D eigenvalue weighted by molar-refractivity contribution is 0.0827. The van der Waals surface area contributed by atoms with Crippen LogP contribution < -0.4 is 15.6 Å². The minimum Gasteiger partial charge on any atom is -0.486 e. The molecule has 2 amide bonds. The van der Waals surface area contributed by atoms with Crippen molar-refractivity contribution in [1.82, 2.24) is 10.9 Å². The Hall–Kier alpha value is -3.33. The second kappa shape index (κ2) is 9.74. The van der Waals surface area contributed by atoms with Crippen LogP contribution in [0, 0.1) is 0 Å². The molecule has 0 aliphatic heterocycles. The van der Waals surface area contributed by atoms with Crippen LogP contribution in [0.3, 0.4) is 0 Å². The van der Waals surface area contributed by atoms with Gasteiger partial charge in [-0.1, -0.05) is 42.1 Å². The van der Waals surface area contributed by atoms with Crippen molar-refractivity contribution in [2.75, 3.05) is 0 Å². The number of rotatable bonds is 7. The van der Waals surface area contributed by atoms with Crippen molar-refractivity contribution in [3.63, 3.8) is 0 Å². The highest BCUT2D eigenvalue weighted by atomic mass is 32.2. The van der Waals surface area contributed by atoms with E-state index < -0.39 is 17.6 Å². The number of hydrogen-bond acceptors (Lipinski definition) is 5. The van der Waals surface area contributed by atoms with Gasteiger partial charge in [-0.05, 0) is 36.4 Å². The largest absolute Gasteiger partial charge is 0.486 e. The van der Waals surface area contributed by atoms with Gasteiger partial charge in [-0.2, -0.15) is 8.78 Å². The highest BCUT2D eigenvalue weighted by Gasteiger charge is 2.17. The first-order chi connectivity index (χ1) is 14.0. The molecule has 2 aromatic carbocycles. The molecule has 0 aliphatic rings. The number of amides is 2. The highest BCUT2D eigenvalue weighted by molar-refractivity contribution is 7.99. The third kappa shape index (κ3) is 5.82. The summed E-state index contributed by atoms with van der Waals surface area (Å²) < 4.78 is 36.1. The first kappa shape index (κ1) is 20.4. The fourth-order valence-electron chi connectivity index (χ4n) is 2.34. The number of furan rings is 1. The van der Waals surface area contributed by atoms with E-state index >= 15 is 0 Å². The lowest BCUT2D eigenvalue weighted by Gasteiger charge is -2.09. The minimum absolute atomic E-state index is 0.0227. The number of alkyl halides is 2. The zero-order valence-corrected chi connectivity index (χ0v) is 15.7. The maximum atomic E-state index is 12.6. The molecular weight excluding hydrogens is 402 g/mol. The summed E-state index contributed by atoms with van der Waals surface area (Å²) in [5.41, 5.74) is 4.41. The summed E-state index contributed by atoms with van der Waals surface area (Å²) in [4.78, 5) is 24.5. The molecule has 29 heavy (non-hydrogen) atoms. The van der Waals surface area contributed by atoms with E-state index in [1.165, 1.54) is 24.3 Å². The highest BCUT2D eigenvalue weighted by Crippen LogP contribution is 2.28. The molecule has 3 aromatic rings. The average molecular weight is 418 g/mol. The number of hydrogen-bond donors (Lipinski definition) is 2. The van der Waals surface area contributed by atoms with E-state index in [0.717, 1.165) is 0 Å². The molecule has 2 N–H and O–H groups in total. The lowest BCUT2D eigenvalue weighted by atomic mass is 10.2. The topological polar surface area (TPSA) is 80.6 Å². The predicted octanol–water partition coefficient (Wildman–Crippen LogP) is 4.25. The van der Waals surface area contributed by atoms with Gasteiger partial charge < -0.3 is 9.15 Å². The summed E-state index contributed by atoms with van der Waals surface area (Å²) in [6.45, 7) is 0.127. The SMILES string of the molecule is O=C(NNC(=O)c1ccccc1SC(F)F)c1ccc(COc2ccccc2)o1. The van der Waals surface area contributed by atoms with Gasteiger partial charge in [0, 0.05) is 4.90 Å². The maximum absolute atomic E-state index is 12.6. The second-order valence-corrected chi connectivity index (χ2v) is 6.68. The number of ether oxygens (including phenoxy) is 1. The van der Waals surface area contributed by atoms with Gasteiger partial charge in [0.15, 0.2) is 5.76 Å². The number of carbonyl (C=O) groups excluding carboxylic acids is 2. The fraction of sp³-hybridized carbons (Fsp3) is 0.100. The van der Waals surface area contributed by atoms with E-state index in [2.05, 4.69) is 10.9 Å². The van der Waals surface area contributed by atoms with E-state index in [1.807, 2.05) is 18.2 Å². The van der Waals surface area contributed by atoms with Crippen LogP contribution >= 0.6 is 11.8 Å². The number of thioether (sulfide) groups is 1. The Morgan fingerprint density at radius 2 is 1.62 bits per heavy atom. The first-order valence-corrected chi connectivity index (χ1v) is 9.32. The fourth-order valence-corrected chi connectivity index (χ4v) is 2.98. The van der Waals surface area contributed by atoms with Crippen molar-refractivity contribution >= 4 is 23.6 Å². The van der Waals surface area contributed by atoms with Gasteiger partial charge in [0.1, 0.15) is 18.1 Å². The van der Waals surface area contributed by atoms with E-state index in [9.17, 15) is 18.4 Å². The molecule has 3 rings (SSSR count). The van der Waals surface area contributed by atoms with Crippen LogP contribution in [0.2, 0.25) is 0 Å². The van der Waals surface area contributed by atoms with Crippen molar-refractivity contribution in [2.45, 2.75) is 17.3 Å². The summed E-state index contributed by atoms with van der Waals surface area (Å²) >= 11 is 0.252. The Labute approximate surface area is 169 Å². The number of carbonyl (C=O) groups is 2. The molecule has 0 unspecified atom stereocenters. The summed E-state index contributed by atoms with van der Waals surface area (Å²) in [5, 5.41) is 0. The Kier molecular flexibility index (Phi) is 6.85. The Bertz CT molecular complexity index is 979. The third-order valence-electron chi connectivity index (χ3n) is 3.65. The first-order valence-electron chi connectivity index (χ1n) is 8.44. The van der Waals surface area contributed by atoms with E-state index in [0.29, 0.717) is 11.5 Å². The second-order valence-electron chi connectivity index (χ2n) is 5.65. The molecule has 0 fully saturated rings. The van der Waals surface area contributed by atoms with Crippen LogP contribution in [0.4, 0.5) is 8.78 Å². The monoisotopic (exact) mass is 418 g/mol. The van der Waals surface area contributed by atoms with E-state index in [-0.39, 0.29) is 34.6 Å². The van der Waals surface area contributed by atoms with Gasteiger partial charge >= 0.3 is 5.91 Å². The molecule has 0 radical (unpaired) electrons. The maximum Gasteiger partial charge on any atom is 0.305 e. The summed E-state index contributed by atoms with van der Waals surface area (Å²) in [5.74, 6) is -3.04. The molecular formula is C20H16F2N2O4S. The van der Waals surface area contributed by atoms with Gasteiger partial charge in [-0.25, -0.2) is 0 Å². The number of halogens is 2. The zero-order valence-electron chi connectivity index (χ0n) is 14.9. The molecule has 150 valence electrons. The summed E-state index contributed by atoms with van der Waals surface area (Å²) in [6, 6.07) is 18.0. The van der Waals surface area contributed by atoms with Gasteiger partial charge in [0.05, 0.1) is 5.56 Å². The van der Waals surface area contributed by atoms with Crippen LogP contribution in [0.15, 0.2) is 76.0 Å². The van der Waals surface area contributed by atoms with Gasteiger partial charge in [0.25, 0.3) is 11.7 Å². The molecule has 0 atom stereocenters. The quantitative estimate of drug-likeness (QED) is 0.443. The van der Waals surface area contributed by atoms with E-state index in [1.54, 1.807) is 24.3 Å². The number of benzene rings is 2.